The number of nitrogen functional groups attached to an aromatic ring is 1. The second-order valence-electron chi connectivity index (χ2n) is 5.29. The second-order valence-corrected chi connectivity index (χ2v) is 6.23. The summed E-state index contributed by atoms with van der Waals surface area (Å²) in [7, 11) is 1.28. The van der Waals surface area contributed by atoms with Gasteiger partial charge in [-0.05, 0) is 24.3 Å². The summed E-state index contributed by atoms with van der Waals surface area (Å²) in [6, 6.07) is 10.1. The predicted molar refractivity (Wildman–Crippen MR) is 101 cm³/mol. The van der Waals surface area contributed by atoms with Crippen LogP contribution in [0.5, 0.6) is 0 Å². The topological polar surface area (TPSA) is 125 Å². The monoisotopic (exact) mass is 384 g/mol. The van der Waals surface area contributed by atoms with Crippen LogP contribution in [0.25, 0.3) is 11.4 Å². The Hall–Kier alpha value is -3.40. The van der Waals surface area contributed by atoms with Crippen LogP contribution in [0.3, 0.4) is 0 Å². The van der Waals surface area contributed by atoms with Crippen LogP contribution < -0.4 is 11.2 Å². The van der Waals surface area contributed by atoms with Gasteiger partial charge in [0.15, 0.2) is 5.82 Å². The minimum absolute atomic E-state index is 0.0428. The maximum atomic E-state index is 12.2. The average Bonchev–Trinajstić information content (AvgIpc) is 3.07. The molecule has 2 heterocycles. The maximum absolute atomic E-state index is 12.2. The summed E-state index contributed by atoms with van der Waals surface area (Å²) >= 11 is 1.13. The van der Waals surface area contributed by atoms with Crippen LogP contribution >= 0.6 is 11.8 Å². The van der Waals surface area contributed by atoms with E-state index in [4.69, 9.17) is 10.6 Å². The normalized spacial score (nSPS) is 10.4. The van der Waals surface area contributed by atoms with Crippen molar-refractivity contribution in [3.63, 3.8) is 0 Å². The lowest BCUT2D eigenvalue weighted by Crippen LogP contribution is -2.18. The highest BCUT2D eigenvalue weighted by Gasteiger charge is 2.16. The number of amides is 1. The number of ether oxygens (including phenoxy) is 1. The summed E-state index contributed by atoms with van der Waals surface area (Å²) in [6.45, 7) is 0. The lowest BCUT2D eigenvalue weighted by Gasteiger charge is -2.09. The van der Waals surface area contributed by atoms with Gasteiger partial charge >= 0.3 is 5.97 Å². The Balaban J connectivity index is 1.66. The predicted octanol–water partition coefficient (Wildman–Crippen LogP) is 1.57. The molecule has 2 aromatic heterocycles. The van der Waals surface area contributed by atoms with Gasteiger partial charge in [0.25, 0.3) is 0 Å². The number of methoxy groups -OCH3 is 1. The van der Waals surface area contributed by atoms with Crippen molar-refractivity contribution in [3.8, 4) is 11.4 Å². The van der Waals surface area contributed by atoms with Crippen molar-refractivity contribution in [3.05, 3.63) is 54.4 Å². The summed E-state index contributed by atoms with van der Waals surface area (Å²) in [5.41, 5.74) is 1.42. The number of benzene rings is 1. The van der Waals surface area contributed by atoms with Crippen LogP contribution in [-0.4, -0.2) is 44.6 Å². The van der Waals surface area contributed by atoms with Crippen LogP contribution in [-0.2, 0) is 9.53 Å². The third-order valence-electron chi connectivity index (χ3n) is 3.54. The number of nitrogens with two attached hydrogens (primary N) is 1. The molecular weight excluding hydrogens is 368 g/mol. The number of anilines is 1. The maximum Gasteiger partial charge on any atom is 0.339 e. The number of thioether (sulfide) groups is 1. The fourth-order valence-electron chi connectivity index (χ4n) is 2.27. The van der Waals surface area contributed by atoms with Gasteiger partial charge in [-0.3, -0.25) is 9.78 Å². The molecule has 0 saturated carbocycles. The molecule has 3 rings (SSSR count). The molecular formula is C17H16N6O3S. The van der Waals surface area contributed by atoms with Crippen LogP contribution in [0.15, 0.2) is 53.9 Å². The molecule has 1 amide bonds. The largest absolute Gasteiger partial charge is 0.465 e. The van der Waals surface area contributed by atoms with Gasteiger partial charge in [0.1, 0.15) is 0 Å². The lowest BCUT2D eigenvalue weighted by molar-refractivity contribution is -0.113. The molecule has 0 spiro atoms. The van der Waals surface area contributed by atoms with Crippen LogP contribution in [0, 0.1) is 0 Å². The van der Waals surface area contributed by atoms with Gasteiger partial charge in [0.05, 0.1) is 24.1 Å². The van der Waals surface area contributed by atoms with E-state index >= 15 is 0 Å². The number of esters is 1. The van der Waals surface area contributed by atoms with Crippen LogP contribution in [0.2, 0.25) is 0 Å². The summed E-state index contributed by atoms with van der Waals surface area (Å²) < 4.78 is 6.03. The number of hydrogen-bond donors (Lipinski definition) is 2. The number of pyridine rings is 1. The Morgan fingerprint density at radius 3 is 2.67 bits per heavy atom. The van der Waals surface area contributed by atoms with E-state index in [1.807, 2.05) is 0 Å². The molecule has 0 aliphatic rings. The van der Waals surface area contributed by atoms with E-state index in [-0.39, 0.29) is 17.2 Å². The molecule has 0 atom stereocenters. The molecule has 9 nitrogen and oxygen atoms in total. The SMILES string of the molecule is COC(=O)c1ccccc1NC(=O)CSc1nnc(-c2ccncc2)n1N. The van der Waals surface area contributed by atoms with E-state index in [2.05, 4.69) is 20.5 Å². The number of nitrogens with zero attached hydrogens (tertiary/aromatic N) is 4. The lowest BCUT2D eigenvalue weighted by atomic mass is 10.2. The summed E-state index contributed by atoms with van der Waals surface area (Å²) in [5.74, 6) is 5.68. The Kier molecular flexibility index (Phi) is 5.67. The zero-order valence-corrected chi connectivity index (χ0v) is 15.1. The van der Waals surface area contributed by atoms with Crippen molar-refractivity contribution in [1.29, 1.82) is 0 Å². The number of hydrogen-bond acceptors (Lipinski definition) is 8. The molecule has 10 heteroatoms. The standard InChI is InChI=1S/C17H16N6O3S/c1-26-16(25)12-4-2-3-5-13(12)20-14(24)10-27-17-22-21-15(23(17)18)11-6-8-19-9-7-11/h2-9H,10,18H2,1H3,(H,20,24). The fraction of sp³-hybridized carbons (Fsp3) is 0.118. The summed E-state index contributed by atoms with van der Waals surface area (Å²) in [5, 5.41) is 11.1. The molecule has 0 fully saturated rings. The van der Waals surface area contributed by atoms with Crippen molar-refractivity contribution < 1.29 is 14.3 Å². The fourth-order valence-corrected chi connectivity index (χ4v) is 2.93. The summed E-state index contributed by atoms with van der Waals surface area (Å²) in [4.78, 5) is 27.9. The van der Waals surface area contributed by atoms with Gasteiger partial charge in [-0.1, -0.05) is 23.9 Å². The number of para-hydroxylation sites is 1. The van der Waals surface area contributed by atoms with Crippen molar-refractivity contribution >= 4 is 29.3 Å². The smallest absolute Gasteiger partial charge is 0.339 e. The zero-order valence-electron chi connectivity index (χ0n) is 14.3. The first-order valence-corrected chi connectivity index (χ1v) is 8.79. The molecule has 1 aromatic carbocycles. The first-order valence-electron chi connectivity index (χ1n) is 7.81. The molecule has 27 heavy (non-hydrogen) atoms. The highest BCUT2D eigenvalue weighted by Crippen LogP contribution is 2.22. The number of nitrogens with one attached hydrogen (secondary N) is 1. The van der Waals surface area contributed by atoms with E-state index in [0.29, 0.717) is 16.7 Å². The number of rotatable bonds is 6. The number of aromatic nitrogens is 4. The van der Waals surface area contributed by atoms with Gasteiger partial charge in [-0.15, -0.1) is 10.2 Å². The molecule has 0 saturated heterocycles. The van der Waals surface area contributed by atoms with E-state index in [0.717, 1.165) is 17.3 Å². The molecule has 0 unspecified atom stereocenters. The van der Waals surface area contributed by atoms with Crippen molar-refractivity contribution in [1.82, 2.24) is 19.9 Å². The zero-order chi connectivity index (χ0) is 19.2. The quantitative estimate of drug-likeness (QED) is 0.373. The van der Waals surface area contributed by atoms with Gasteiger partial charge in [0.2, 0.25) is 11.1 Å². The highest BCUT2D eigenvalue weighted by atomic mass is 32.2. The molecule has 3 N–H and O–H groups in total. The summed E-state index contributed by atoms with van der Waals surface area (Å²) in [6.07, 6.45) is 3.26. The minimum atomic E-state index is -0.526. The number of carbonyl (C=O) groups is 2. The van der Waals surface area contributed by atoms with Gasteiger partial charge in [-0.2, -0.15) is 0 Å². The van der Waals surface area contributed by atoms with E-state index in [9.17, 15) is 9.59 Å². The van der Waals surface area contributed by atoms with Crippen LogP contribution in [0.1, 0.15) is 10.4 Å². The number of carbonyl (C=O) groups excluding carboxylic acids is 2. The van der Waals surface area contributed by atoms with Crippen molar-refractivity contribution in [2.24, 2.45) is 0 Å². The van der Waals surface area contributed by atoms with Crippen LogP contribution in [0.4, 0.5) is 5.69 Å². The van der Waals surface area contributed by atoms with E-state index in [1.165, 1.54) is 11.8 Å². The first kappa shape index (κ1) is 18.4. The van der Waals surface area contributed by atoms with E-state index < -0.39 is 5.97 Å². The highest BCUT2D eigenvalue weighted by molar-refractivity contribution is 7.99. The van der Waals surface area contributed by atoms with E-state index in [1.54, 1.807) is 48.8 Å². The minimum Gasteiger partial charge on any atom is -0.465 e. The Bertz CT molecular complexity index is 960. The molecule has 0 aliphatic heterocycles. The van der Waals surface area contributed by atoms with Crippen molar-refractivity contribution in [2.75, 3.05) is 24.0 Å². The third-order valence-corrected chi connectivity index (χ3v) is 4.48. The average molecular weight is 384 g/mol. The van der Waals surface area contributed by atoms with Gasteiger partial charge in [-0.25, -0.2) is 9.47 Å². The van der Waals surface area contributed by atoms with Gasteiger partial charge < -0.3 is 15.9 Å². The second kappa shape index (κ2) is 8.32. The Morgan fingerprint density at radius 2 is 1.93 bits per heavy atom. The Morgan fingerprint density at radius 1 is 1.19 bits per heavy atom. The third kappa shape index (κ3) is 4.23. The van der Waals surface area contributed by atoms with Gasteiger partial charge in [0, 0.05) is 18.0 Å². The molecule has 3 aromatic rings. The Labute approximate surface area is 158 Å². The van der Waals surface area contributed by atoms with Crippen molar-refractivity contribution in [2.45, 2.75) is 5.16 Å². The molecule has 0 radical (unpaired) electrons. The molecule has 138 valence electrons. The first-order chi connectivity index (χ1) is 13.1. The molecule has 0 aliphatic carbocycles. The molecule has 0 bridgehead atoms.